The van der Waals surface area contributed by atoms with Crippen LogP contribution in [0.2, 0.25) is 5.02 Å². The van der Waals surface area contributed by atoms with Crippen LogP contribution < -0.4 is 10.5 Å². The first-order valence-corrected chi connectivity index (χ1v) is 6.43. The van der Waals surface area contributed by atoms with E-state index in [0.717, 1.165) is 24.2 Å². The van der Waals surface area contributed by atoms with E-state index in [4.69, 9.17) is 22.1 Å². The molecule has 0 aliphatic heterocycles. The molecule has 2 atom stereocenters. The highest BCUT2D eigenvalue weighted by molar-refractivity contribution is 6.30. The van der Waals surface area contributed by atoms with Gasteiger partial charge in [-0.05, 0) is 50.5 Å². The maximum atomic E-state index is 5.98. The van der Waals surface area contributed by atoms with Crippen LogP contribution in [0, 0.1) is 0 Å². The summed E-state index contributed by atoms with van der Waals surface area (Å²) in [6.07, 6.45) is 7.88. The van der Waals surface area contributed by atoms with E-state index in [2.05, 4.69) is 12.2 Å². The number of hydrogen-bond donors (Lipinski definition) is 1. The number of rotatable bonds is 3. The molecule has 2 nitrogen and oxygen atoms in total. The van der Waals surface area contributed by atoms with Crippen LogP contribution >= 0.6 is 11.6 Å². The molecule has 3 heteroatoms. The Balaban J connectivity index is 2.19. The van der Waals surface area contributed by atoms with Crippen LogP contribution in [0.5, 0.6) is 5.75 Å². The third kappa shape index (κ3) is 3.24. The standard InChI is InChI=1S/C14H18ClNO/c1-10(16)13-9-11(15)7-8-14(13)17-12-5-3-2-4-6-12/h3,5,7-10,12H,2,4,6,16H2,1H3/t10-,12?/m1/s1. The zero-order valence-electron chi connectivity index (χ0n) is 10.0. The molecule has 0 amide bonds. The first-order chi connectivity index (χ1) is 8.16. The van der Waals surface area contributed by atoms with E-state index in [1.807, 2.05) is 25.1 Å². The van der Waals surface area contributed by atoms with Gasteiger partial charge in [-0.25, -0.2) is 0 Å². The molecule has 1 unspecified atom stereocenters. The number of hydrogen-bond acceptors (Lipinski definition) is 2. The van der Waals surface area contributed by atoms with Crippen molar-refractivity contribution in [3.8, 4) is 5.75 Å². The van der Waals surface area contributed by atoms with Crippen molar-refractivity contribution in [2.75, 3.05) is 0 Å². The first kappa shape index (κ1) is 12.5. The Hall–Kier alpha value is -0.990. The minimum atomic E-state index is -0.0729. The van der Waals surface area contributed by atoms with Gasteiger partial charge >= 0.3 is 0 Å². The van der Waals surface area contributed by atoms with E-state index in [9.17, 15) is 0 Å². The van der Waals surface area contributed by atoms with Gasteiger partial charge < -0.3 is 10.5 Å². The lowest BCUT2D eigenvalue weighted by atomic mass is 10.0. The molecule has 2 N–H and O–H groups in total. The number of ether oxygens (including phenoxy) is 1. The molecule has 1 aliphatic rings. The fourth-order valence-corrected chi connectivity index (χ4v) is 2.21. The smallest absolute Gasteiger partial charge is 0.125 e. The summed E-state index contributed by atoms with van der Waals surface area (Å²) in [5, 5.41) is 0.698. The van der Waals surface area contributed by atoms with Crippen LogP contribution in [0.4, 0.5) is 0 Å². The molecule has 1 aliphatic carbocycles. The van der Waals surface area contributed by atoms with Gasteiger partial charge in [0.2, 0.25) is 0 Å². The summed E-state index contributed by atoms with van der Waals surface area (Å²) in [5.74, 6) is 0.848. The maximum absolute atomic E-state index is 5.98. The Bertz CT molecular complexity index is 415. The van der Waals surface area contributed by atoms with Crippen molar-refractivity contribution in [1.29, 1.82) is 0 Å². The Morgan fingerprint density at radius 1 is 1.47 bits per heavy atom. The second kappa shape index (κ2) is 5.56. The molecule has 0 aromatic heterocycles. The number of halogens is 1. The lowest BCUT2D eigenvalue weighted by Crippen LogP contribution is -2.18. The molecule has 1 aromatic carbocycles. The number of nitrogens with two attached hydrogens (primary N) is 1. The van der Waals surface area contributed by atoms with Gasteiger partial charge in [0.1, 0.15) is 11.9 Å². The lowest BCUT2D eigenvalue weighted by Gasteiger charge is -2.21. The molecule has 17 heavy (non-hydrogen) atoms. The fourth-order valence-electron chi connectivity index (χ4n) is 2.02. The molecule has 0 saturated carbocycles. The van der Waals surface area contributed by atoms with Gasteiger partial charge in [-0.2, -0.15) is 0 Å². The highest BCUT2D eigenvalue weighted by Crippen LogP contribution is 2.29. The highest BCUT2D eigenvalue weighted by Gasteiger charge is 2.14. The SMILES string of the molecule is C[C@@H](N)c1cc(Cl)ccc1OC1C=CCCC1. The van der Waals surface area contributed by atoms with E-state index in [0.29, 0.717) is 5.02 Å². The first-order valence-electron chi connectivity index (χ1n) is 6.05. The summed E-state index contributed by atoms with van der Waals surface area (Å²) in [4.78, 5) is 0. The molecular weight excluding hydrogens is 234 g/mol. The molecular formula is C14H18ClNO. The largest absolute Gasteiger partial charge is 0.486 e. The quantitative estimate of drug-likeness (QED) is 0.829. The molecule has 1 aromatic rings. The summed E-state index contributed by atoms with van der Waals surface area (Å²) in [6, 6.07) is 5.56. The van der Waals surface area contributed by atoms with Crippen molar-refractivity contribution in [3.05, 3.63) is 40.9 Å². The maximum Gasteiger partial charge on any atom is 0.125 e. The van der Waals surface area contributed by atoms with Crippen molar-refractivity contribution < 1.29 is 4.74 Å². The Morgan fingerprint density at radius 2 is 2.29 bits per heavy atom. The molecule has 0 radical (unpaired) electrons. The van der Waals surface area contributed by atoms with Crippen LogP contribution in [0.15, 0.2) is 30.4 Å². The van der Waals surface area contributed by atoms with Gasteiger partial charge in [0.05, 0.1) is 0 Å². The summed E-state index contributed by atoms with van der Waals surface area (Å²) >= 11 is 5.98. The molecule has 0 spiro atoms. The van der Waals surface area contributed by atoms with E-state index in [1.165, 1.54) is 6.42 Å². The summed E-state index contributed by atoms with van der Waals surface area (Å²) < 4.78 is 5.98. The van der Waals surface area contributed by atoms with Crippen LogP contribution in [-0.2, 0) is 0 Å². The number of benzene rings is 1. The van der Waals surface area contributed by atoms with Crippen LogP contribution in [-0.4, -0.2) is 6.10 Å². The minimum Gasteiger partial charge on any atom is -0.486 e. The van der Waals surface area contributed by atoms with Crippen molar-refractivity contribution in [1.82, 2.24) is 0 Å². The van der Waals surface area contributed by atoms with E-state index < -0.39 is 0 Å². The topological polar surface area (TPSA) is 35.2 Å². The fraction of sp³-hybridized carbons (Fsp3) is 0.429. The van der Waals surface area contributed by atoms with E-state index in [-0.39, 0.29) is 12.1 Å². The van der Waals surface area contributed by atoms with Gasteiger partial charge in [-0.15, -0.1) is 0 Å². The van der Waals surface area contributed by atoms with Crippen LogP contribution in [0.25, 0.3) is 0 Å². The van der Waals surface area contributed by atoms with Gasteiger partial charge in [-0.1, -0.05) is 17.7 Å². The Morgan fingerprint density at radius 3 is 2.94 bits per heavy atom. The van der Waals surface area contributed by atoms with Crippen LogP contribution in [0.1, 0.15) is 37.8 Å². The molecule has 92 valence electrons. The minimum absolute atomic E-state index is 0.0729. The second-order valence-electron chi connectivity index (χ2n) is 4.49. The normalized spacial score (nSPS) is 21.2. The Kier molecular flexibility index (Phi) is 4.08. The summed E-state index contributed by atoms with van der Waals surface area (Å²) in [5.41, 5.74) is 6.90. The van der Waals surface area contributed by atoms with E-state index in [1.54, 1.807) is 0 Å². The third-order valence-corrected chi connectivity index (χ3v) is 3.19. The van der Waals surface area contributed by atoms with Gasteiger partial charge in [0, 0.05) is 16.6 Å². The molecule has 0 heterocycles. The second-order valence-corrected chi connectivity index (χ2v) is 4.92. The lowest BCUT2D eigenvalue weighted by molar-refractivity contribution is 0.227. The highest BCUT2D eigenvalue weighted by atomic mass is 35.5. The predicted molar refractivity (Wildman–Crippen MR) is 71.5 cm³/mol. The zero-order valence-corrected chi connectivity index (χ0v) is 10.8. The predicted octanol–water partition coefficient (Wildman–Crippen LogP) is 3.85. The Labute approximate surface area is 107 Å². The summed E-state index contributed by atoms with van der Waals surface area (Å²) in [6.45, 7) is 1.94. The van der Waals surface area contributed by atoms with Gasteiger partial charge in [0.15, 0.2) is 0 Å². The van der Waals surface area contributed by atoms with Crippen molar-refractivity contribution >= 4 is 11.6 Å². The average molecular weight is 252 g/mol. The summed E-state index contributed by atoms with van der Waals surface area (Å²) in [7, 11) is 0. The molecule has 0 bridgehead atoms. The third-order valence-electron chi connectivity index (χ3n) is 2.95. The molecule has 2 rings (SSSR count). The van der Waals surface area contributed by atoms with Crippen molar-refractivity contribution in [2.24, 2.45) is 5.73 Å². The van der Waals surface area contributed by atoms with Crippen LogP contribution in [0.3, 0.4) is 0 Å². The molecule has 0 saturated heterocycles. The number of allylic oxidation sites excluding steroid dienone is 1. The average Bonchev–Trinajstić information content (AvgIpc) is 2.32. The zero-order chi connectivity index (χ0) is 12.3. The van der Waals surface area contributed by atoms with Crippen molar-refractivity contribution in [2.45, 2.75) is 38.3 Å². The van der Waals surface area contributed by atoms with Gasteiger partial charge in [-0.3, -0.25) is 0 Å². The van der Waals surface area contributed by atoms with Gasteiger partial charge in [0.25, 0.3) is 0 Å². The van der Waals surface area contributed by atoms with E-state index >= 15 is 0 Å². The monoisotopic (exact) mass is 251 g/mol. The molecule has 0 fully saturated rings. The van der Waals surface area contributed by atoms with Crippen molar-refractivity contribution in [3.63, 3.8) is 0 Å².